The fourth-order valence-corrected chi connectivity index (χ4v) is 2.91. The van der Waals surface area contributed by atoms with Crippen LogP contribution in [0.3, 0.4) is 0 Å². The van der Waals surface area contributed by atoms with Crippen molar-refractivity contribution in [3.63, 3.8) is 0 Å². The summed E-state index contributed by atoms with van der Waals surface area (Å²) in [4.78, 5) is 22.4. The van der Waals surface area contributed by atoms with Crippen molar-refractivity contribution in [2.24, 2.45) is 0 Å². The van der Waals surface area contributed by atoms with E-state index in [0.717, 1.165) is 38.1 Å². The molecule has 2 heterocycles. The third-order valence-electron chi connectivity index (χ3n) is 4.04. The van der Waals surface area contributed by atoms with Crippen LogP contribution in [0.5, 0.6) is 0 Å². The summed E-state index contributed by atoms with van der Waals surface area (Å²) in [6.45, 7) is 3.83. The number of nitrogens with one attached hydrogen (secondary N) is 1. The van der Waals surface area contributed by atoms with Gasteiger partial charge in [-0.2, -0.15) is 4.98 Å². The lowest BCUT2D eigenvalue weighted by atomic mass is 10.2. The molecule has 1 aliphatic heterocycles. The number of nitrogens with two attached hydrogens (primary N) is 1. The highest BCUT2D eigenvalue weighted by molar-refractivity contribution is 6.33. The number of anilines is 4. The van der Waals surface area contributed by atoms with Gasteiger partial charge in [-0.15, -0.1) is 0 Å². The Labute approximate surface area is 149 Å². The highest BCUT2D eigenvalue weighted by atomic mass is 35.5. The predicted octanol–water partition coefficient (Wildman–Crippen LogP) is 2.12. The van der Waals surface area contributed by atoms with Crippen LogP contribution in [0.25, 0.3) is 0 Å². The number of nitrogens with zero attached hydrogens (tertiary/aromatic N) is 5. The van der Waals surface area contributed by atoms with Gasteiger partial charge >= 0.3 is 5.69 Å². The minimum absolute atomic E-state index is 0.173. The number of likely N-dealkylation sites (N-methyl/N-ethyl adjacent to an activating group) is 1. The number of halogens is 1. The van der Waals surface area contributed by atoms with E-state index >= 15 is 0 Å². The molecule has 3 rings (SSSR count). The van der Waals surface area contributed by atoms with Crippen molar-refractivity contribution in [1.29, 1.82) is 0 Å². The Balaban J connectivity index is 1.75. The number of rotatable bonds is 4. The van der Waals surface area contributed by atoms with Crippen molar-refractivity contribution in [3.8, 4) is 0 Å². The number of hydrogen-bond acceptors (Lipinski definition) is 8. The van der Waals surface area contributed by atoms with Gasteiger partial charge in [-0.25, -0.2) is 4.98 Å². The van der Waals surface area contributed by atoms with Gasteiger partial charge in [0.15, 0.2) is 0 Å². The number of nitrogen functional groups attached to an aromatic ring is 1. The molecule has 0 saturated carbocycles. The quantitative estimate of drug-likeness (QED) is 0.627. The molecule has 2 aromatic rings. The fraction of sp³-hybridized carbons (Fsp3) is 0.333. The van der Waals surface area contributed by atoms with E-state index in [0.29, 0.717) is 10.7 Å². The summed E-state index contributed by atoms with van der Waals surface area (Å²) in [5.41, 5.74) is 6.90. The first-order chi connectivity index (χ1) is 11.9. The maximum atomic E-state index is 10.7. The van der Waals surface area contributed by atoms with Crippen LogP contribution in [0.15, 0.2) is 24.4 Å². The second-order valence-corrected chi connectivity index (χ2v) is 6.21. The van der Waals surface area contributed by atoms with Gasteiger partial charge in [-0.3, -0.25) is 10.1 Å². The minimum atomic E-state index is -0.624. The fourth-order valence-electron chi connectivity index (χ4n) is 2.61. The Bertz CT molecular complexity index is 793. The topological polar surface area (TPSA) is 113 Å². The molecule has 25 heavy (non-hydrogen) atoms. The molecular weight excluding hydrogens is 346 g/mol. The Morgan fingerprint density at radius 2 is 2.04 bits per heavy atom. The SMILES string of the molecule is CN1CCN(c2ccc(Nc3ncc([N+](=O)[O-])c(N)n3)cc2Cl)CC1. The highest BCUT2D eigenvalue weighted by Gasteiger charge is 2.17. The van der Waals surface area contributed by atoms with Gasteiger partial charge in [-0.05, 0) is 25.2 Å². The average molecular weight is 364 g/mol. The molecule has 1 aromatic heterocycles. The zero-order chi connectivity index (χ0) is 18.0. The van der Waals surface area contributed by atoms with Crippen molar-refractivity contribution in [1.82, 2.24) is 14.9 Å². The van der Waals surface area contributed by atoms with E-state index in [9.17, 15) is 10.1 Å². The molecule has 0 amide bonds. The summed E-state index contributed by atoms with van der Waals surface area (Å²) < 4.78 is 0. The molecule has 0 atom stereocenters. The molecule has 0 bridgehead atoms. The van der Waals surface area contributed by atoms with E-state index in [4.69, 9.17) is 17.3 Å². The Hall–Kier alpha value is -2.65. The maximum Gasteiger partial charge on any atom is 0.329 e. The average Bonchev–Trinajstić information content (AvgIpc) is 2.56. The summed E-state index contributed by atoms with van der Waals surface area (Å²) in [6, 6.07) is 5.57. The summed E-state index contributed by atoms with van der Waals surface area (Å²) in [6.07, 6.45) is 1.07. The van der Waals surface area contributed by atoms with Gasteiger partial charge < -0.3 is 20.9 Å². The lowest BCUT2D eigenvalue weighted by Gasteiger charge is -2.34. The van der Waals surface area contributed by atoms with Crippen LogP contribution in [-0.2, 0) is 0 Å². The van der Waals surface area contributed by atoms with E-state index in [1.165, 1.54) is 0 Å². The number of benzene rings is 1. The van der Waals surface area contributed by atoms with E-state index in [1.807, 2.05) is 12.1 Å². The number of piperazine rings is 1. The molecule has 1 aromatic carbocycles. The molecule has 132 valence electrons. The first-order valence-electron chi connectivity index (χ1n) is 7.71. The van der Waals surface area contributed by atoms with Crippen LogP contribution in [0.4, 0.5) is 28.8 Å². The molecule has 0 unspecified atom stereocenters. The first-order valence-corrected chi connectivity index (χ1v) is 8.09. The molecule has 0 spiro atoms. The molecule has 0 aliphatic carbocycles. The molecule has 3 N–H and O–H groups in total. The summed E-state index contributed by atoms with van der Waals surface area (Å²) >= 11 is 6.41. The van der Waals surface area contributed by atoms with Crippen LogP contribution < -0.4 is 16.0 Å². The molecule has 1 fully saturated rings. The molecule has 9 nitrogen and oxygen atoms in total. The van der Waals surface area contributed by atoms with Gasteiger partial charge in [0, 0.05) is 31.9 Å². The van der Waals surface area contributed by atoms with Crippen molar-refractivity contribution in [2.45, 2.75) is 0 Å². The van der Waals surface area contributed by atoms with Crippen LogP contribution in [0, 0.1) is 10.1 Å². The van der Waals surface area contributed by atoms with E-state index < -0.39 is 4.92 Å². The van der Waals surface area contributed by atoms with Crippen molar-refractivity contribution in [2.75, 3.05) is 49.2 Å². The second-order valence-electron chi connectivity index (χ2n) is 5.80. The Kier molecular flexibility index (Phi) is 4.86. The lowest BCUT2D eigenvalue weighted by molar-refractivity contribution is -0.384. The van der Waals surface area contributed by atoms with Gasteiger partial charge in [0.05, 0.1) is 15.6 Å². The normalized spacial score (nSPS) is 15.2. The molecule has 0 radical (unpaired) electrons. The minimum Gasteiger partial charge on any atom is -0.378 e. The number of aromatic nitrogens is 2. The van der Waals surface area contributed by atoms with Crippen LogP contribution in [0.2, 0.25) is 5.02 Å². The van der Waals surface area contributed by atoms with Gasteiger partial charge in [0.1, 0.15) is 6.20 Å². The van der Waals surface area contributed by atoms with Crippen LogP contribution in [0.1, 0.15) is 0 Å². The molecule has 1 aliphatic rings. The van der Waals surface area contributed by atoms with Crippen molar-refractivity contribution < 1.29 is 4.92 Å². The Morgan fingerprint density at radius 3 is 2.64 bits per heavy atom. The zero-order valence-corrected chi connectivity index (χ0v) is 14.4. The molecule has 10 heteroatoms. The van der Waals surface area contributed by atoms with E-state index in [2.05, 4.69) is 32.1 Å². The van der Waals surface area contributed by atoms with Crippen molar-refractivity contribution >= 4 is 40.4 Å². The summed E-state index contributed by atoms with van der Waals surface area (Å²) in [7, 11) is 2.10. The monoisotopic (exact) mass is 363 g/mol. The first kappa shape index (κ1) is 17.2. The number of nitro groups is 1. The van der Waals surface area contributed by atoms with E-state index in [1.54, 1.807) is 6.07 Å². The van der Waals surface area contributed by atoms with Gasteiger partial charge in [-0.1, -0.05) is 11.6 Å². The van der Waals surface area contributed by atoms with Crippen LogP contribution in [-0.4, -0.2) is 53.0 Å². The number of hydrogen-bond donors (Lipinski definition) is 2. The summed E-state index contributed by atoms with van der Waals surface area (Å²) in [5.74, 6) is -0.0193. The third-order valence-corrected chi connectivity index (χ3v) is 4.35. The van der Waals surface area contributed by atoms with Gasteiger partial charge in [0.25, 0.3) is 0 Å². The third kappa shape index (κ3) is 3.89. The van der Waals surface area contributed by atoms with E-state index in [-0.39, 0.29) is 17.5 Å². The second kappa shape index (κ2) is 7.08. The van der Waals surface area contributed by atoms with Gasteiger partial charge in [0.2, 0.25) is 11.8 Å². The van der Waals surface area contributed by atoms with Crippen molar-refractivity contribution in [3.05, 3.63) is 39.5 Å². The standard InChI is InChI=1S/C15H18ClN7O2/c1-21-4-6-22(7-5-21)12-3-2-10(8-11(12)16)19-15-18-9-13(23(24)25)14(17)20-15/h2-3,8-9H,4-7H2,1H3,(H3,17,18,19,20). The predicted molar refractivity (Wildman–Crippen MR) is 97.5 cm³/mol. The van der Waals surface area contributed by atoms with Crippen LogP contribution >= 0.6 is 11.6 Å². The maximum absolute atomic E-state index is 10.7. The molecular formula is C15H18ClN7O2. The summed E-state index contributed by atoms with van der Waals surface area (Å²) in [5, 5.41) is 14.3. The zero-order valence-electron chi connectivity index (χ0n) is 13.6. The highest BCUT2D eigenvalue weighted by Crippen LogP contribution is 2.30. The molecule has 1 saturated heterocycles. The lowest BCUT2D eigenvalue weighted by Crippen LogP contribution is -2.44. The smallest absolute Gasteiger partial charge is 0.329 e. The largest absolute Gasteiger partial charge is 0.378 e. The Morgan fingerprint density at radius 1 is 1.32 bits per heavy atom.